The zero-order valence-electron chi connectivity index (χ0n) is 25.2. The summed E-state index contributed by atoms with van der Waals surface area (Å²) in [6.07, 6.45) is -0.464. The van der Waals surface area contributed by atoms with E-state index in [-0.39, 0.29) is 48.9 Å². The topological polar surface area (TPSA) is 124 Å². The van der Waals surface area contributed by atoms with Gasteiger partial charge in [-0.15, -0.1) is 11.3 Å². The molecule has 0 aromatic carbocycles. The van der Waals surface area contributed by atoms with Gasteiger partial charge >= 0.3 is 18.0 Å². The van der Waals surface area contributed by atoms with Gasteiger partial charge in [-0.2, -0.15) is 0 Å². The van der Waals surface area contributed by atoms with E-state index in [9.17, 15) is 19.2 Å². The first-order valence-electron chi connectivity index (χ1n) is 13.7. The summed E-state index contributed by atoms with van der Waals surface area (Å²) in [7, 11) is 1.71. The van der Waals surface area contributed by atoms with E-state index in [0.29, 0.717) is 11.6 Å². The van der Waals surface area contributed by atoms with E-state index in [1.807, 2.05) is 27.7 Å². The number of amides is 2. The molecule has 0 bridgehead atoms. The fraction of sp³-hybridized carbons (Fsp3) is 0.750. The Morgan fingerprint density at radius 2 is 1.74 bits per heavy atom. The number of alkyl carbamates (subject to hydrolysis) is 1. The smallest absolute Gasteiger partial charge is 0.407 e. The second-order valence-electron chi connectivity index (χ2n) is 11.0. The Labute approximate surface area is 237 Å². The largest absolute Gasteiger partial charge is 0.461 e. The zero-order chi connectivity index (χ0) is 29.9. The minimum Gasteiger partial charge on any atom is -0.461 e. The van der Waals surface area contributed by atoms with Crippen LogP contribution in [0.2, 0.25) is 0 Å². The minimum atomic E-state index is -0.805. The van der Waals surface area contributed by atoms with E-state index in [2.05, 4.69) is 10.3 Å². The number of aromatic nitrogens is 1. The first-order chi connectivity index (χ1) is 18.1. The molecule has 4 atom stereocenters. The number of carbonyl (C=O) groups excluding carboxylic acids is 4. The molecule has 0 fully saturated rings. The van der Waals surface area contributed by atoms with Crippen LogP contribution in [0.25, 0.3) is 0 Å². The lowest BCUT2D eigenvalue weighted by atomic mass is 9.86. The molecule has 1 aromatic rings. The lowest BCUT2D eigenvalue weighted by Gasteiger charge is -2.36. The molecule has 10 nitrogen and oxygen atoms in total. The minimum absolute atomic E-state index is 0.0112. The van der Waals surface area contributed by atoms with Crippen LogP contribution in [0.1, 0.15) is 103 Å². The molecule has 0 spiro atoms. The van der Waals surface area contributed by atoms with Gasteiger partial charge in [0, 0.05) is 31.4 Å². The molecule has 1 aromatic heterocycles. The maximum Gasteiger partial charge on any atom is 0.407 e. The van der Waals surface area contributed by atoms with E-state index >= 15 is 0 Å². The number of esters is 2. The van der Waals surface area contributed by atoms with E-state index in [4.69, 9.17) is 14.2 Å². The van der Waals surface area contributed by atoms with Crippen molar-refractivity contribution in [1.82, 2.24) is 15.2 Å². The highest BCUT2D eigenvalue weighted by molar-refractivity contribution is 7.09. The number of carbonyl (C=O) groups is 4. The molecule has 0 unspecified atom stereocenters. The third-order valence-electron chi connectivity index (χ3n) is 6.38. The number of thiazole rings is 1. The second kappa shape index (κ2) is 15.8. The van der Waals surface area contributed by atoms with Crippen molar-refractivity contribution >= 4 is 35.3 Å². The number of hydrogen-bond acceptors (Lipinski definition) is 9. The highest BCUT2D eigenvalue weighted by atomic mass is 32.1. The van der Waals surface area contributed by atoms with Gasteiger partial charge < -0.3 is 24.4 Å². The SMILES string of the molecule is CCNC(=O)O[C@H](C[C@H](C(C)C)N(C)C(=O)[C@@H](CC(=O)OC(C)(C)C)[C@@H](C)CC)c1nc(C(=O)OCC)cs1. The van der Waals surface area contributed by atoms with Crippen molar-refractivity contribution in [3.05, 3.63) is 16.1 Å². The van der Waals surface area contributed by atoms with Crippen LogP contribution in [0.4, 0.5) is 4.79 Å². The Balaban J connectivity index is 3.28. The predicted octanol–water partition coefficient (Wildman–Crippen LogP) is 5.37. The van der Waals surface area contributed by atoms with Crippen molar-refractivity contribution in [1.29, 1.82) is 0 Å². The molecular formula is C28H47N3O7S. The first-order valence-corrected chi connectivity index (χ1v) is 14.6. The van der Waals surface area contributed by atoms with Gasteiger partial charge in [0.15, 0.2) is 11.8 Å². The summed E-state index contributed by atoms with van der Waals surface area (Å²) in [5.74, 6) is -1.76. The fourth-order valence-electron chi connectivity index (χ4n) is 4.15. The lowest BCUT2D eigenvalue weighted by molar-refractivity contribution is -0.159. The summed E-state index contributed by atoms with van der Waals surface area (Å²) < 4.78 is 16.3. The van der Waals surface area contributed by atoms with Crippen molar-refractivity contribution in [3.63, 3.8) is 0 Å². The molecule has 11 heteroatoms. The molecule has 0 aliphatic heterocycles. The first kappa shape index (κ1) is 34.3. The van der Waals surface area contributed by atoms with Gasteiger partial charge in [-0.05, 0) is 46.5 Å². The van der Waals surface area contributed by atoms with Gasteiger partial charge in [-0.1, -0.05) is 34.1 Å². The molecule has 2 amide bonds. The van der Waals surface area contributed by atoms with Crippen LogP contribution in [0.15, 0.2) is 5.38 Å². The van der Waals surface area contributed by atoms with Crippen LogP contribution in [-0.4, -0.2) is 65.7 Å². The van der Waals surface area contributed by atoms with Crippen molar-refractivity contribution in [3.8, 4) is 0 Å². The summed E-state index contributed by atoms with van der Waals surface area (Å²) in [6.45, 7) is 17.4. The number of nitrogens with zero attached hydrogens (tertiary/aromatic N) is 2. The number of nitrogens with one attached hydrogen (secondary N) is 1. The molecule has 0 radical (unpaired) electrons. The van der Waals surface area contributed by atoms with Gasteiger partial charge in [-0.25, -0.2) is 14.6 Å². The molecule has 0 aliphatic rings. The predicted molar refractivity (Wildman–Crippen MR) is 150 cm³/mol. The average molecular weight is 570 g/mol. The zero-order valence-corrected chi connectivity index (χ0v) is 26.0. The molecule has 1 heterocycles. The van der Waals surface area contributed by atoms with Crippen molar-refractivity contribution in [2.24, 2.45) is 17.8 Å². The molecule has 0 saturated carbocycles. The van der Waals surface area contributed by atoms with Gasteiger partial charge in [0.05, 0.1) is 18.9 Å². The third-order valence-corrected chi connectivity index (χ3v) is 7.31. The summed E-state index contributed by atoms with van der Waals surface area (Å²) in [5, 5.41) is 4.63. The quantitative estimate of drug-likeness (QED) is 0.234. The number of rotatable bonds is 14. The summed E-state index contributed by atoms with van der Waals surface area (Å²) in [6, 6.07) is -0.350. The van der Waals surface area contributed by atoms with Gasteiger partial charge in [0.2, 0.25) is 5.91 Å². The van der Waals surface area contributed by atoms with Crippen LogP contribution < -0.4 is 5.32 Å². The number of ether oxygens (including phenoxy) is 3. The van der Waals surface area contributed by atoms with E-state index in [1.165, 1.54) is 11.3 Å². The molecule has 222 valence electrons. The third kappa shape index (κ3) is 11.1. The monoisotopic (exact) mass is 569 g/mol. The molecular weight excluding hydrogens is 522 g/mol. The Morgan fingerprint density at radius 1 is 1.10 bits per heavy atom. The van der Waals surface area contributed by atoms with Crippen molar-refractivity contribution in [2.75, 3.05) is 20.2 Å². The molecule has 39 heavy (non-hydrogen) atoms. The Morgan fingerprint density at radius 3 is 2.26 bits per heavy atom. The van der Waals surface area contributed by atoms with Gasteiger partial charge in [-0.3, -0.25) is 9.59 Å². The highest BCUT2D eigenvalue weighted by Crippen LogP contribution is 2.32. The van der Waals surface area contributed by atoms with Crippen LogP contribution >= 0.6 is 11.3 Å². The van der Waals surface area contributed by atoms with Crippen LogP contribution in [0.3, 0.4) is 0 Å². The van der Waals surface area contributed by atoms with Gasteiger partial charge in [0.25, 0.3) is 0 Å². The summed E-state index contributed by atoms with van der Waals surface area (Å²) >= 11 is 1.19. The van der Waals surface area contributed by atoms with Crippen LogP contribution in [-0.2, 0) is 23.8 Å². The maximum atomic E-state index is 13.8. The summed E-state index contributed by atoms with van der Waals surface area (Å²) in [4.78, 5) is 57.1. The van der Waals surface area contributed by atoms with Crippen LogP contribution in [0, 0.1) is 17.8 Å². The second-order valence-corrected chi connectivity index (χ2v) is 11.9. The lowest BCUT2D eigenvalue weighted by Crippen LogP contribution is -2.46. The highest BCUT2D eigenvalue weighted by Gasteiger charge is 2.36. The van der Waals surface area contributed by atoms with E-state index in [0.717, 1.165) is 6.42 Å². The average Bonchev–Trinajstić information content (AvgIpc) is 3.33. The van der Waals surface area contributed by atoms with Crippen molar-refractivity contribution < 1.29 is 33.4 Å². The Bertz CT molecular complexity index is 957. The van der Waals surface area contributed by atoms with Gasteiger partial charge in [0.1, 0.15) is 10.6 Å². The maximum absolute atomic E-state index is 13.8. The summed E-state index contributed by atoms with van der Waals surface area (Å²) in [5.41, 5.74) is -0.507. The normalized spacial score (nSPS) is 14.6. The number of hydrogen-bond donors (Lipinski definition) is 1. The standard InChI is InChI=1S/C28H47N3O7S/c1-11-18(6)19(14-23(32)38-28(7,8)9)25(33)31(10)21(17(4)5)15-22(37-27(35)29-12-2)24-30-20(16-39-24)26(34)36-13-3/h16-19,21-22H,11-15H2,1-10H3,(H,29,35)/t18-,19-,21+,22+/m0/s1. The molecule has 1 N–H and O–H groups in total. The van der Waals surface area contributed by atoms with Crippen molar-refractivity contribution in [2.45, 2.75) is 99.3 Å². The molecule has 1 rings (SSSR count). The Kier molecular flexibility index (Phi) is 13.9. The van der Waals surface area contributed by atoms with E-state index < -0.39 is 35.7 Å². The van der Waals surface area contributed by atoms with E-state index in [1.54, 1.807) is 51.9 Å². The Hall–Kier alpha value is -2.69. The molecule has 0 saturated heterocycles. The fourth-order valence-corrected chi connectivity index (χ4v) is 4.98. The van der Waals surface area contributed by atoms with Crippen LogP contribution in [0.5, 0.6) is 0 Å². The molecule has 0 aliphatic carbocycles.